The number of carbonyl (C=O) groups excluding carboxylic acids is 2. The number of benzene rings is 2. The summed E-state index contributed by atoms with van der Waals surface area (Å²) >= 11 is 0. The minimum absolute atomic E-state index is 0.0775. The van der Waals surface area contributed by atoms with Crippen LogP contribution in [0, 0.1) is 0 Å². The number of carbonyl (C=O) groups is 2. The lowest BCUT2D eigenvalue weighted by molar-refractivity contribution is -0.118. The van der Waals surface area contributed by atoms with E-state index in [-0.39, 0.29) is 11.7 Å². The summed E-state index contributed by atoms with van der Waals surface area (Å²) in [6, 6.07) is 19.1. The minimum atomic E-state index is 0.0775. The van der Waals surface area contributed by atoms with Crippen LogP contribution in [-0.4, -0.2) is 23.7 Å². The fourth-order valence-electron chi connectivity index (χ4n) is 3.16. The van der Waals surface area contributed by atoms with Gasteiger partial charge < -0.3 is 10.6 Å². The lowest BCUT2D eigenvalue weighted by atomic mass is 9.99. The van der Waals surface area contributed by atoms with Gasteiger partial charge in [0.2, 0.25) is 5.91 Å². The maximum atomic E-state index is 12.5. The molecule has 5 heteroatoms. The number of amides is 1. The Morgan fingerprint density at radius 3 is 2.17 bits per heavy atom. The van der Waals surface area contributed by atoms with E-state index in [0.29, 0.717) is 30.6 Å². The van der Waals surface area contributed by atoms with Crippen LogP contribution in [0.3, 0.4) is 0 Å². The number of aromatic nitrogens is 1. The van der Waals surface area contributed by atoms with Crippen LogP contribution >= 0.6 is 0 Å². The van der Waals surface area contributed by atoms with Gasteiger partial charge in [-0.2, -0.15) is 0 Å². The summed E-state index contributed by atoms with van der Waals surface area (Å²) in [6.45, 7) is 1.85. The largest absolute Gasteiger partial charge is 0.383 e. The van der Waals surface area contributed by atoms with Crippen molar-refractivity contribution in [3.8, 4) is 11.1 Å². The van der Waals surface area contributed by atoms with Crippen LogP contribution in [0.25, 0.3) is 11.1 Å². The smallest absolute Gasteiger partial charge is 0.226 e. The van der Waals surface area contributed by atoms with Gasteiger partial charge >= 0.3 is 0 Å². The maximum Gasteiger partial charge on any atom is 0.226 e. The molecule has 0 unspecified atom stereocenters. The monoisotopic (exact) mass is 387 g/mol. The van der Waals surface area contributed by atoms with Gasteiger partial charge in [-0.15, -0.1) is 0 Å². The van der Waals surface area contributed by atoms with E-state index in [2.05, 4.69) is 4.98 Å². The highest BCUT2D eigenvalue weighted by Crippen LogP contribution is 2.24. The molecule has 3 rings (SSSR count). The number of hydrogen-bond acceptors (Lipinski definition) is 4. The molecule has 0 aliphatic heterocycles. The second-order valence-corrected chi connectivity index (χ2v) is 6.90. The highest BCUT2D eigenvalue weighted by molar-refractivity contribution is 5.96. The van der Waals surface area contributed by atoms with Crippen LogP contribution in [-0.2, 0) is 11.2 Å². The van der Waals surface area contributed by atoms with Crippen molar-refractivity contribution in [1.29, 1.82) is 0 Å². The predicted octanol–water partition coefficient (Wildman–Crippen LogP) is 4.52. The second kappa shape index (κ2) is 9.15. The van der Waals surface area contributed by atoms with Crippen LogP contribution in [0.2, 0.25) is 0 Å². The first-order chi connectivity index (χ1) is 14.0. The number of nitrogens with zero attached hydrogens (tertiary/aromatic N) is 2. The Morgan fingerprint density at radius 1 is 0.966 bits per heavy atom. The molecule has 0 saturated heterocycles. The van der Waals surface area contributed by atoms with E-state index in [4.69, 9.17) is 5.73 Å². The van der Waals surface area contributed by atoms with Gasteiger partial charge in [0, 0.05) is 37.3 Å². The van der Waals surface area contributed by atoms with E-state index in [1.807, 2.05) is 67.6 Å². The van der Waals surface area contributed by atoms with Crippen molar-refractivity contribution in [2.24, 2.45) is 0 Å². The molecule has 29 heavy (non-hydrogen) atoms. The molecule has 2 aromatic carbocycles. The van der Waals surface area contributed by atoms with E-state index >= 15 is 0 Å². The zero-order valence-electron chi connectivity index (χ0n) is 16.8. The van der Waals surface area contributed by atoms with Crippen molar-refractivity contribution in [2.45, 2.75) is 26.2 Å². The number of Topliss-reactive ketones (excluding diaryl/α,β-unsaturated/α-hetero) is 1. The van der Waals surface area contributed by atoms with Gasteiger partial charge in [0.05, 0.1) is 0 Å². The minimum Gasteiger partial charge on any atom is -0.383 e. The van der Waals surface area contributed by atoms with E-state index in [1.54, 1.807) is 18.1 Å². The molecule has 0 aliphatic rings. The summed E-state index contributed by atoms with van der Waals surface area (Å²) in [5.41, 5.74) is 10.3. The topological polar surface area (TPSA) is 76.3 Å². The SMILES string of the molecule is CCC(=O)N(C)c1ccc(-c2ccc(C(=O)CCc3cccnc3N)cc2)cc1. The highest BCUT2D eigenvalue weighted by atomic mass is 16.2. The first-order valence-corrected chi connectivity index (χ1v) is 9.69. The molecule has 1 aromatic heterocycles. The molecule has 0 radical (unpaired) electrons. The lowest BCUT2D eigenvalue weighted by Crippen LogP contribution is -2.24. The Hall–Kier alpha value is -3.47. The molecule has 3 aromatic rings. The number of anilines is 2. The molecule has 148 valence electrons. The average Bonchev–Trinajstić information content (AvgIpc) is 2.77. The fraction of sp³-hybridized carbons (Fsp3) is 0.208. The van der Waals surface area contributed by atoms with Crippen molar-refractivity contribution in [3.63, 3.8) is 0 Å². The van der Waals surface area contributed by atoms with E-state index in [9.17, 15) is 9.59 Å². The predicted molar refractivity (Wildman–Crippen MR) is 117 cm³/mol. The number of ketones is 1. The molecular weight excluding hydrogens is 362 g/mol. The van der Waals surface area contributed by atoms with Gasteiger partial charge in [-0.3, -0.25) is 9.59 Å². The van der Waals surface area contributed by atoms with Crippen LogP contribution in [0.4, 0.5) is 11.5 Å². The van der Waals surface area contributed by atoms with Crippen LogP contribution < -0.4 is 10.6 Å². The van der Waals surface area contributed by atoms with Gasteiger partial charge in [0.1, 0.15) is 5.82 Å². The van der Waals surface area contributed by atoms with Crippen molar-refractivity contribution >= 4 is 23.2 Å². The lowest BCUT2D eigenvalue weighted by Gasteiger charge is -2.16. The summed E-state index contributed by atoms with van der Waals surface area (Å²) in [4.78, 5) is 30.0. The molecule has 0 spiro atoms. The van der Waals surface area contributed by atoms with Crippen LogP contribution in [0.1, 0.15) is 35.7 Å². The van der Waals surface area contributed by atoms with Crippen LogP contribution in [0.5, 0.6) is 0 Å². The quantitative estimate of drug-likeness (QED) is 0.605. The summed E-state index contributed by atoms with van der Waals surface area (Å²) < 4.78 is 0. The van der Waals surface area contributed by atoms with Crippen molar-refractivity contribution in [3.05, 3.63) is 78.0 Å². The third kappa shape index (κ3) is 4.88. The molecule has 5 nitrogen and oxygen atoms in total. The molecule has 0 aliphatic carbocycles. The van der Waals surface area contributed by atoms with Crippen molar-refractivity contribution < 1.29 is 9.59 Å². The van der Waals surface area contributed by atoms with E-state index in [0.717, 1.165) is 22.4 Å². The van der Waals surface area contributed by atoms with Gasteiger partial charge in [-0.05, 0) is 41.3 Å². The molecule has 1 amide bonds. The normalized spacial score (nSPS) is 10.6. The third-order valence-corrected chi connectivity index (χ3v) is 5.02. The van der Waals surface area contributed by atoms with Crippen molar-refractivity contribution in [1.82, 2.24) is 4.98 Å². The Kier molecular flexibility index (Phi) is 6.39. The third-order valence-electron chi connectivity index (χ3n) is 5.02. The number of rotatable bonds is 7. The van der Waals surface area contributed by atoms with Gasteiger partial charge in [0.25, 0.3) is 0 Å². The van der Waals surface area contributed by atoms with Crippen molar-refractivity contribution in [2.75, 3.05) is 17.7 Å². The summed E-state index contributed by atoms with van der Waals surface area (Å²) in [5.74, 6) is 0.633. The number of hydrogen-bond donors (Lipinski definition) is 1. The standard InChI is InChI=1S/C24H25N3O2/c1-3-23(29)27(2)21-13-10-18(11-14-21)17-6-8-19(9-7-17)22(28)15-12-20-5-4-16-26-24(20)25/h4-11,13-14,16H,3,12,15H2,1-2H3,(H2,25,26). The molecule has 0 atom stereocenters. The number of pyridine rings is 1. The highest BCUT2D eigenvalue weighted by Gasteiger charge is 2.10. The van der Waals surface area contributed by atoms with E-state index in [1.165, 1.54) is 0 Å². The molecule has 0 bridgehead atoms. The average molecular weight is 387 g/mol. The first kappa shape index (κ1) is 20.3. The fourth-order valence-corrected chi connectivity index (χ4v) is 3.16. The summed E-state index contributed by atoms with van der Waals surface area (Å²) in [6.07, 6.45) is 3.08. The van der Waals surface area contributed by atoms with Gasteiger partial charge in [0.15, 0.2) is 5.78 Å². The van der Waals surface area contributed by atoms with Gasteiger partial charge in [-0.1, -0.05) is 49.4 Å². The molecule has 1 heterocycles. The Morgan fingerprint density at radius 2 is 1.59 bits per heavy atom. The Bertz CT molecular complexity index is 995. The zero-order valence-corrected chi connectivity index (χ0v) is 16.8. The molecule has 0 fully saturated rings. The number of nitrogens with two attached hydrogens (primary N) is 1. The molecule has 0 saturated carbocycles. The Balaban J connectivity index is 1.66. The number of aryl methyl sites for hydroxylation is 1. The first-order valence-electron chi connectivity index (χ1n) is 9.69. The summed E-state index contributed by atoms with van der Waals surface area (Å²) in [7, 11) is 1.78. The Labute approximate surface area is 171 Å². The summed E-state index contributed by atoms with van der Waals surface area (Å²) in [5, 5.41) is 0. The van der Waals surface area contributed by atoms with E-state index < -0.39 is 0 Å². The molecular formula is C24H25N3O2. The maximum absolute atomic E-state index is 12.5. The number of nitrogen functional groups attached to an aromatic ring is 1. The van der Waals surface area contributed by atoms with Crippen LogP contribution in [0.15, 0.2) is 66.9 Å². The molecule has 2 N–H and O–H groups in total. The second-order valence-electron chi connectivity index (χ2n) is 6.90. The van der Waals surface area contributed by atoms with Gasteiger partial charge in [-0.25, -0.2) is 4.98 Å². The zero-order chi connectivity index (χ0) is 20.8.